The van der Waals surface area contributed by atoms with Crippen LogP contribution in [0.3, 0.4) is 0 Å². The summed E-state index contributed by atoms with van der Waals surface area (Å²) in [7, 11) is 0. The first kappa shape index (κ1) is 16.1. The molecule has 1 aliphatic heterocycles. The number of anilines is 1. The number of carbonyl (C=O) groups is 1. The lowest BCUT2D eigenvalue weighted by molar-refractivity contribution is -0.118. The Balaban J connectivity index is 1.63. The van der Waals surface area contributed by atoms with Gasteiger partial charge in [0.2, 0.25) is 5.91 Å². The van der Waals surface area contributed by atoms with Crippen LogP contribution in [0, 0.1) is 6.92 Å². The summed E-state index contributed by atoms with van der Waals surface area (Å²) in [6.07, 6.45) is 4.85. The van der Waals surface area contributed by atoms with Crippen LogP contribution >= 0.6 is 11.6 Å². The maximum atomic E-state index is 12.9. The molecule has 0 saturated heterocycles. The van der Waals surface area contributed by atoms with E-state index in [1.807, 2.05) is 48.0 Å². The average Bonchev–Trinajstić information content (AvgIpc) is 2.99. The second-order valence-electron chi connectivity index (χ2n) is 6.47. The predicted molar refractivity (Wildman–Crippen MR) is 99.0 cm³/mol. The molecule has 1 aromatic carbocycles. The maximum absolute atomic E-state index is 12.9. The number of nitrogens with two attached hydrogens (primary N) is 1. The number of hydrogen-bond acceptors (Lipinski definition) is 3. The van der Waals surface area contributed by atoms with Crippen LogP contribution in [-0.4, -0.2) is 21.8 Å². The Morgan fingerprint density at radius 2 is 2.24 bits per heavy atom. The van der Waals surface area contributed by atoms with E-state index < -0.39 is 0 Å². The third kappa shape index (κ3) is 2.90. The third-order valence-electron chi connectivity index (χ3n) is 4.70. The minimum Gasteiger partial charge on any atom is -0.324 e. The van der Waals surface area contributed by atoms with Gasteiger partial charge in [-0.15, -0.1) is 0 Å². The van der Waals surface area contributed by atoms with Crippen LogP contribution in [-0.2, 0) is 11.2 Å². The number of rotatable bonds is 2. The fourth-order valence-electron chi connectivity index (χ4n) is 3.41. The lowest BCUT2D eigenvalue weighted by Crippen LogP contribution is -2.39. The standard InChI is InChI=1S/C19H19ClN4O/c1-12-3-2-7-23-11-14(22-19(12)23)10-18(25)24-8-6-16(21)15-9-13(20)4-5-17(15)24/h2-5,7,9,11,16H,6,8,10,21H2,1H3. The Morgan fingerprint density at radius 3 is 3.04 bits per heavy atom. The molecule has 2 aromatic heterocycles. The normalized spacial score (nSPS) is 16.9. The van der Waals surface area contributed by atoms with Crippen molar-refractivity contribution in [3.05, 3.63) is 64.6 Å². The Bertz CT molecular complexity index is 965. The molecule has 0 aliphatic carbocycles. The molecule has 0 radical (unpaired) electrons. The first-order valence-electron chi connectivity index (χ1n) is 8.31. The molecule has 3 heterocycles. The number of aromatic nitrogens is 2. The van der Waals surface area contributed by atoms with E-state index in [-0.39, 0.29) is 18.4 Å². The van der Waals surface area contributed by atoms with Gasteiger partial charge in [-0.05, 0) is 48.7 Å². The van der Waals surface area contributed by atoms with Crippen molar-refractivity contribution in [2.75, 3.05) is 11.4 Å². The van der Waals surface area contributed by atoms with Crippen molar-refractivity contribution in [2.45, 2.75) is 25.8 Å². The van der Waals surface area contributed by atoms with E-state index in [4.69, 9.17) is 17.3 Å². The summed E-state index contributed by atoms with van der Waals surface area (Å²) in [5.41, 5.74) is 10.7. The van der Waals surface area contributed by atoms with Crippen LogP contribution in [0.5, 0.6) is 0 Å². The lowest BCUT2D eigenvalue weighted by Gasteiger charge is -2.32. The predicted octanol–water partition coefficient (Wildman–Crippen LogP) is 3.28. The van der Waals surface area contributed by atoms with Gasteiger partial charge in [-0.25, -0.2) is 4.98 Å². The summed E-state index contributed by atoms with van der Waals surface area (Å²) in [5, 5.41) is 0.638. The Hall–Kier alpha value is -2.37. The first-order valence-corrected chi connectivity index (χ1v) is 8.69. The third-order valence-corrected chi connectivity index (χ3v) is 4.94. The number of imidazole rings is 1. The van der Waals surface area contributed by atoms with Crippen molar-refractivity contribution >= 4 is 28.8 Å². The highest BCUT2D eigenvalue weighted by molar-refractivity contribution is 6.30. The highest BCUT2D eigenvalue weighted by Crippen LogP contribution is 2.34. The lowest BCUT2D eigenvalue weighted by atomic mass is 9.97. The van der Waals surface area contributed by atoms with Crippen molar-refractivity contribution in [3.63, 3.8) is 0 Å². The van der Waals surface area contributed by atoms with E-state index in [1.54, 1.807) is 11.0 Å². The van der Waals surface area contributed by atoms with Crippen molar-refractivity contribution in [2.24, 2.45) is 5.73 Å². The zero-order chi connectivity index (χ0) is 17.6. The molecule has 6 heteroatoms. The SMILES string of the molecule is Cc1cccn2cc(CC(=O)N3CCC(N)c4cc(Cl)ccc43)nc12. The Kier molecular flexibility index (Phi) is 3.98. The molecule has 3 aromatic rings. The number of halogens is 1. The van der Waals surface area contributed by atoms with Gasteiger partial charge in [0.1, 0.15) is 5.65 Å². The summed E-state index contributed by atoms with van der Waals surface area (Å²) < 4.78 is 1.96. The number of carbonyl (C=O) groups excluding carboxylic acids is 1. The van der Waals surface area contributed by atoms with Crippen LogP contribution in [0.1, 0.15) is 29.3 Å². The highest BCUT2D eigenvalue weighted by atomic mass is 35.5. The number of aryl methyl sites for hydroxylation is 1. The molecule has 2 N–H and O–H groups in total. The van der Waals surface area contributed by atoms with E-state index in [0.717, 1.165) is 34.6 Å². The molecule has 0 saturated carbocycles. The van der Waals surface area contributed by atoms with E-state index in [9.17, 15) is 4.79 Å². The summed E-state index contributed by atoms with van der Waals surface area (Å²) in [4.78, 5) is 19.3. The molecule has 1 amide bonds. The van der Waals surface area contributed by atoms with Crippen LogP contribution in [0.25, 0.3) is 5.65 Å². The van der Waals surface area contributed by atoms with Crippen molar-refractivity contribution in [1.82, 2.24) is 9.38 Å². The molecule has 5 nitrogen and oxygen atoms in total. The van der Waals surface area contributed by atoms with Gasteiger partial charge in [-0.2, -0.15) is 0 Å². The topological polar surface area (TPSA) is 63.6 Å². The molecule has 1 aliphatic rings. The molecular formula is C19H19ClN4O. The number of pyridine rings is 1. The fourth-order valence-corrected chi connectivity index (χ4v) is 3.59. The van der Waals surface area contributed by atoms with E-state index in [2.05, 4.69) is 4.98 Å². The van der Waals surface area contributed by atoms with E-state index in [0.29, 0.717) is 11.6 Å². The number of benzene rings is 1. The maximum Gasteiger partial charge on any atom is 0.233 e. The molecule has 4 rings (SSSR count). The van der Waals surface area contributed by atoms with E-state index >= 15 is 0 Å². The van der Waals surface area contributed by atoms with Gasteiger partial charge in [0.05, 0.1) is 12.1 Å². The molecular weight excluding hydrogens is 336 g/mol. The fraction of sp³-hybridized carbons (Fsp3) is 0.263. The van der Waals surface area contributed by atoms with Crippen molar-refractivity contribution < 1.29 is 4.79 Å². The quantitative estimate of drug-likeness (QED) is 0.768. The summed E-state index contributed by atoms with van der Waals surface area (Å²) in [5.74, 6) is 0.0246. The first-order chi connectivity index (χ1) is 12.0. The monoisotopic (exact) mass is 354 g/mol. The Labute approximate surface area is 151 Å². The highest BCUT2D eigenvalue weighted by Gasteiger charge is 2.27. The number of hydrogen-bond donors (Lipinski definition) is 1. The van der Waals surface area contributed by atoms with Gasteiger partial charge >= 0.3 is 0 Å². The van der Waals surface area contributed by atoms with Gasteiger partial charge in [0, 0.05) is 35.7 Å². The van der Waals surface area contributed by atoms with Crippen molar-refractivity contribution in [1.29, 1.82) is 0 Å². The van der Waals surface area contributed by atoms with Gasteiger partial charge in [-0.1, -0.05) is 17.7 Å². The molecule has 25 heavy (non-hydrogen) atoms. The van der Waals surface area contributed by atoms with Crippen LogP contribution < -0.4 is 10.6 Å². The minimum atomic E-state index is -0.0874. The van der Waals surface area contributed by atoms with Crippen LogP contribution in [0.2, 0.25) is 5.02 Å². The molecule has 128 valence electrons. The zero-order valence-electron chi connectivity index (χ0n) is 13.9. The molecule has 0 bridgehead atoms. The minimum absolute atomic E-state index is 0.0246. The molecule has 0 fully saturated rings. The Morgan fingerprint density at radius 1 is 1.40 bits per heavy atom. The zero-order valence-corrected chi connectivity index (χ0v) is 14.7. The van der Waals surface area contributed by atoms with Crippen molar-refractivity contribution in [3.8, 4) is 0 Å². The van der Waals surface area contributed by atoms with Gasteiger partial charge in [0.15, 0.2) is 0 Å². The van der Waals surface area contributed by atoms with Gasteiger partial charge in [-0.3, -0.25) is 4.79 Å². The number of amides is 1. The van der Waals surface area contributed by atoms with Crippen LogP contribution in [0.15, 0.2) is 42.7 Å². The largest absolute Gasteiger partial charge is 0.324 e. The second kappa shape index (κ2) is 6.17. The summed E-state index contributed by atoms with van der Waals surface area (Å²) in [6, 6.07) is 9.43. The van der Waals surface area contributed by atoms with Gasteiger partial charge in [0.25, 0.3) is 0 Å². The van der Waals surface area contributed by atoms with E-state index in [1.165, 1.54) is 0 Å². The number of nitrogens with zero attached hydrogens (tertiary/aromatic N) is 3. The summed E-state index contributed by atoms with van der Waals surface area (Å²) in [6.45, 7) is 2.63. The molecule has 1 atom stereocenters. The van der Waals surface area contributed by atoms with Gasteiger partial charge < -0.3 is 15.0 Å². The molecule has 0 spiro atoms. The summed E-state index contributed by atoms with van der Waals surface area (Å²) >= 11 is 6.09. The average molecular weight is 355 g/mol. The second-order valence-corrected chi connectivity index (χ2v) is 6.91. The number of fused-ring (bicyclic) bond motifs is 2. The smallest absolute Gasteiger partial charge is 0.233 e. The molecule has 1 unspecified atom stereocenters. The van der Waals surface area contributed by atoms with Crippen LogP contribution in [0.4, 0.5) is 5.69 Å².